The Hall–Kier alpha value is -3.48. The zero-order valence-corrected chi connectivity index (χ0v) is 13.8. The number of phenols is 2. The molecule has 2 aromatic carbocycles. The fourth-order valence-electron chi connectivity index (χ4n) is 2.96. The molecule has 0 aromatic heterocycles. The molecule has 0 fully saturated rings. The first-order valence-corrected chi connectivity index (χ1v) is 7.70. The molecule has 0 aliphatic carbocycles. The molecule has 0 bridgehead atoms. The van der Waals surface area contributed by atoms with Crippen molar-refractivity contribution in [3.05, 3.63) is 65.4 Å². The molecule has 3 rings (SSSR count). The Labute approximate surface area is 148 Å². The molecule has 0 saturated carbocycles. The van der Waals surface area contributed by atoms with Gasteiger partial charge in [-0.2, -0.15) is 0 Å². The van der Waals surface area contributed by atoms with Crippen LogP contribution < -0.4 is 0 Å². The summed E-state index contributed by atoms with van der Waals surface area (Å²) in [5, 5.41) is 29.2. The largest absolute Gasteiger partial charge is 0.508 e. The second-order valence-electron chi connectivity index (χ2n) is 5.82. The summed E-state index contributed by atoms with van der Waals surface area (Å²) in [4.78, 5) is 24.7. The summed E-state index contributed by atoms with van der Waals surface area (Å²) >= 11 is 0. The standard InChI is InChI=1S/C19H16O7/c1-25-18(24)19(10-11-2-6-13(20)7-3-11)15(16(22)17(23)26-19)12-4-8-14(21)9-5-12/h2-9,20-22H,10H2,1H3/t19-/m0/s1. The fraction of sp³-hybridized carbons (Fsp3) is 0.158. The van der Waals surface area contributed by atoms with Crippen LogP contribution in [0.4, 0.5) is 0 Å². The lowest BCUT2D eigenvalue weighted by molar-refractivity contribution is -0.169. The Morgan fingerprint density at radius 1 is 1.00 bits per heavy atom. The highest BCUT2D eigenvalue weighted by Crippen LogP contribution is 2.42. The Morgan fingerprint density at radius 2 is 1.54 bits per heavy atom. The number of cyclic esters (lactones) is 1. The number of rotatable bonds is 4. The van der Waals surface area contributed by atoms with Gasteiger partial charge in [-0.1, -0.05) is 24.3 Å². The van der Waals surface area contributed by atoms with E-state index in [-0.39, 0.29) is 23.5 Å². The van der Waals surface area contributed by atoms with Crippen molar-refractivity contribution in [2.24, 2.45) is 0 Å². The summed E-state index contributed by atoms with van der Waals surface area (Å²) in [5.74, 6) is -2.56. The average molecular weight is 356 g/mol. The van der Waals surface area contributed by atoms with Crippen LogP contribution in [0.15, 0.2) is 54.3 Å². The molecule has 1 heterocycles. The number of ether oxygens (including phenoxy) is 2. The van der Waals surface area contributed by atoms with Crippen molar-refractivity contribution in [1.82, 2.24) is 0 Å². The highest BCUT2D eigenvalue weighted by atomic mass is 16.6. The third-order valence-corrected chi connectivity index (χ3v) is 4.16. The van der Waals surface area contributed by atoms with Crippen molar-refractivity contribution < 1.29 is 34.4 Å². The molecule has 0 unspecified atom stereocenters. The second kappa shape index (κ2) is 6.44. The van der Waals surface area contributed by atoms with Crippen molar-refractivity contribution in [3.63, 3.8) is 0 Å². The molecule has 0 amide bonds. The Kier molecular flexibility index (Phi) is 4.29. The first kappa shape index (κ1) is 17.3. The summed E-state index contributed by atoms with van der Waals surface area (Å²) < 4.78 is 10.1. The number of aliphatic hydroxyl groups excluding tert-OH is 1. The van der Waals surface area contributed by atoms with Crippen LogP contribution in [0.5, 0.6) is 11.5 Å². The van der Waals surface area contributed by atoms with Gasteiger partial charge in [0.2, 0.25) is 11.4 Å². The van der Waals surface area contributed by atoms with Gasteiger partial charge in [-0.25, -0.2) is 9.59 Å². The molecular weight excluding hydrogens is 340 g/mol. The maximum absolute atomic E-state index is 12.6. The van der Waals surface area contributed by atoms with Gasteiger partial charge in [-0.15, -0.1) is 0 Å². The van der Waals surface area contributed by atoms with Gasteiger partial charge in [0, 0.05) is 6.42 Å². The van der Waals surface area contributed by atoms with Crippen LogP contribution in [0.3, 0.4) is 0 Å². The molecule has 1 aliphatic heterocycles. The van der Waals surface area contributed by atoms with Crippen molar-refractivity contribution >= 4 is 17.5 Å². The number of hydrogen-bond acceptors (Lipinski definition) is 7. The van der Waals surface area contributed by atoms with E-state index in [1.807, 2.05) is 0 Å². The average Bonchev–Trinajstić information content (AvgIpc) is 2.88. The number of benzene rings is 2. The number of aromatic hydroxyl groups is 2. The zero-order valence-electron chi connectivity index (χ0n) is 13.8. The molecule has 26 heavy (non-hydrogen) atoms. The van der Waals surface area contributed by atoms with Crippen LogP contribution in [0, 0.1) is 0 Å². The first-order chi connectivity index (χ1) is 12.4. The molecule has 1 atom stereocenters. The van der Waals surface area contributed by atoms with Crippen LogP contribution in [0.1, 0.15) is 11.1 Å². The summed E-state index contributed by atoms with van der Waals surface area (Å²) in [6, 6.07) is 11.6. The Bertz CT molecular complexity index is 881. The number of carbonyl (C=O) groups is 2. The normalized spacial score (nSPS) is 19.3. The topological polar surface area (TPSA) is 113 Å². The fourth-order valence-corrected chi connectivity index (χ4v) is 2.96. The van der Waals surface area contributed by atoms with E-state index in [4.69, 9.17) is 9.47 Å². The summed E-state index contributed by atoms with van der Waals surface area (Å²) in [6.07, 6.45) is -0.105. The zero-order chi connectivity index (χ0) is 18.9. The second-order valence-corrected chi connectivity index (χ2v) is 5.82. The lowest BCUT2D eigenvalue weighted by Gasteiger charge is -2.28. The van der Waals surface area contributed by atoms with Gasteiger partial charge in [-0.3, -0.25) is 0 Å². The van der Waals surface area contributed by atoms with Gasteiger partial charge in [-0.05, 0) is 35.4 Å². The Balaban J connectivity index is 2.15. The minimum absolute atomic E-state index is 0.0127. The molecule has 7 nitrogen and oxygen atoms in total. The summed E-state index contributed by atoms with van der Waals surface area (Å²) in [7, 11) is 1.15. The SMILES string of the molecule is COC(=O)[C@@]1(Cc2ccc(O)cc2)OC(=O)C(O)=C1c1ccc(O)cc1. The van der Waals surface area contributed by atoms with Gasteiger partial charge < -0.3 is 24.8 Å². The number of methoxy groups -OCH3 is 1. The van der Waals surface area contributed by atoms with Gasteiger partial charge in [0.05, 0.1) is 12.7 Å². The molecular formula is C19H16O7. The maximum Gasteiger partial charge on any atom is 0.375 e. The van der Waals surface area contributed by atoms with Crippen LogP contribution in [-0.4, -0.2) is 40.0 Å². The quantitative estimate of drug-likeness (QED) is 0.719. The predicted molar refractivity (Wildman–Crippen MR) is 90.3 cm³/mol. The molecule has 7 heteroatoms. The van der Waals surface area contributed by atoms with Crippen molar-refractivity contribution in [3.8, 4) is 11.5 Å². The molecule has 0 radical (unpaired) electrons. The van der Waals surface area contributed by atoms with Crippen molar-refractivity contribution in [2.75, 3.05) is 7.11 Å². The van der Waals surface area contributed by atoms with E-state index in [0.29, 0.717) is 11.1 Å². The highest BCUT2D eigenvalue weighted by Gasteiger charge is 2.55. The summed E-state index contributed by atoms with van der Waals surface area (Å²) in [6.45, 7) is 0. The van der Waals surface area contributed by atoms with E-state index in [0.717, 1.165) is 7.11 Å². The lowest BCUT2D eigenvalue weighted by atomic mass is 9.83. The molecule has 1 aliphatic rings. The number of hydrogen-bond donors (Lipinski definition) is 3. The van der Waals surface area contributed by atoms with Gasteiger partial charge >= 0.3 is 11.9 Å². The number of esters is 2. The van der Waals surface area contributed by atoms with E-state index in [9.17, 15) is 24.9 Å². The lowest BCUT2D eigenvalue weighted by Crippen LogP contribution is -2.44. The minimum atomic E-state index is -1.89. The molecule has 134 valence electrons. The van der Waals surface area contributed by atoms with Gasteiger partial charge in [0.25, 0.3) is 0 Å². The van der Waals surface area contributed by atoms with E-state index < -0.39 is 23.3 Å². The smallest absolute Gasteiger partial charge is 0.375 e. The van der Waals surface area contributed by atoms with Gasteiger partial charge in [0.15, 0.2) is 0 Å². The molecule has 2 aromatic rings. The third-order valence-electron chi connectivity index (χ3n) is 4.16. The van der Waals surface area contributed by atoms with E-state index in [2.05, 4.69) is 0 Å². The number of carbonyl (C=O) groups excluding carboxylic acids is 2. The summed E-state index contributed by atoms with van der Waals surface area (Å²) in [5.41, 5.74) is -1.02. The maximum atomic E-state index is 12.6. The number of aliphatic hydroxyl groups is 1. The highest BCUT2D eigenvalue weighted by molar-refractivity contribution is 6.11. The van der Waals surface area contributed by atoms with Crippen LogP contribution >= 0.6 is 0 Å². The predicted octanol–water partition coefficient (Wildman–Crippen LogP) is 2.08. The number of phenolic OH excluding ortho intramolecular Hbond substituents is 2. The van der Waals surface area contributed by atoms with Crippen LogP contribution in [0.25, 0.3) is 5.57 Å². The van der Waals surface area contributed by atoms with E-state index in [1.54, 1.807) is 12.1 Å². The Morgan fingerprint density at radius 3 is 2.08 bits per heavy atom. The van der Waals surface area contributed by atoms with E-state index >= 15 is 0 Å². The monoisotopic (exact) mass is 356 g/mol. The third kappa shape index (κ3) is 2.83. The van der Waals surface area contributed by atoms with Crippen molar-refractivity contribution in [2.45, 2.75) is 12.0 Å². The van der Waals surface area contributed by atoms with Crippen LogP contribution in [-0.2, 0) is 25.5 Å². The van der Waals surface area contributed by atoms with E-state index in [1.165, 1.54) is 36.4 Å². The minimum Gasteiger partial charge on any atom is -0.508 e. The van der Waals surface area contributed by atoms with Gasteiger partial charge in [0.1, 0.15) is 11.5 Å². The first-order valence-electron chi connectivity index (χ1n) is 7.70. The van der Waals surface area contributed by atoms with Crippen LogP contribution in [0.2, 0.25) is 0 Å². The molecule has 3 N–H and O–H groups in total. The molecule has 0 spiro atoms. The molecule has 0 saturated heterocycles. The van der Waals surface area contributed by atoms with Crippen molar-refractivity contribution in [1.29, 1.82) is 0 Å².